The SMILES string of the molecule is Nc1cccc(-c2ccc(-n3c4ccccc4c4cc(-c5ccc(-c6cc(-c7ccccc7)nc(-c7ccccc7)n6)cc5)ccc43)cc2)c1-c1ccccc1Cc1ccccc1. The van der Waals surface area contributed by atoms with E-state index in [1.807, 2.05) is 42.5 Å². The molecule has 63 heavy (non-hydrogen) atoms. The lowest BCUT2D eigenvalue weighted by Gasteiger charge is -2.17. The average molecular weight is 807 g/mol. The predicted molar refractivity (Wildman–Crippen MR) is 263 cm³/mol. The van der Waals surface area contributed by atoms with Gasteiger partial charge in [-0.05, 0) is 87.8 Å². The minimum atomic E-state index is 0.710. The molecule has 0 aliphatic rings. The summed E-state index contributed by atoms with van der Waals surface area (Å²) in [5.41, 5.74) is 25.2. The fraction of sp³-hybridized carbons (Fsp3) is 0.0169. The van der Waals surface area contributed by atoms with Gasteiger partial charge in [0.1, 0.15) is 0 Å². The number of hydrogen-bond donors (Lipinski definition) is 1. The van der Waals surface area contributed by atoms with Crippen molar-refractivity contribution in [1.82, 2.24) is 14.5 Å². The lowest BCUT2D eigenvalue weighted by Crippen LogP contribution is -1.98. The van der Waals surface area contributed by atoms with Crippen LogP contribution in [0.4, 0.5) is 5.69 Å². The monoisotopic (exact) mass is 806 g/mol. The lowest BCUT2D eigenvalue weighted by molar-refractivity contribution is 1.18. The van der Waals surface area contributed by atoms with Crippen LogP contribution in [0.25, 0.3) is 94.8 Å². The molecular formula is C59H42N4. The number of anilines is 1. The number of para-hydroxylation sites is 1. The summed E-state index contributed by atoms with van der Waals surface area (Å²) in [5, 5.41) is 2.42. The van der Waals surface area contributed by atoms with Gasteiger partial charge in [0.05, 0.1) is 22.4 Å². The molecule has 11 aromatic rings. The van der Waals surface area contributed by atoms with Crippen LogP contribution in [0.15, 0.2) is 231 Å². The third-order valence-electron chi connectivity index (χ3n) is 12.1. The Hall–Kier alpha value is -8.34. The summed E-state index contributed by atoms with van der Waals surface area (Å²) >= 11 is 0. The second-order valence-electron chi connectivity index (χ2n) is 16.0. The fourth-order valence-corrected chi connectivity index (χ4v) is 8.97. The molecule has 2 N–H and O–H groups in total. The molecule has 0 amide bonds. The fourth-order valence-electron chi connectivity index (χ4n) is 8.97. The van der Waals surface area contributed by atoms with Gasteiger partial charge >= 0.3 is 0 Å². The van der Waals surface area contributed by atoms with Gasteiger partial charge in [-0.25, -0.2) is 9.97 Å². The highest BCUT2D eigenvalue weighted by molar-refractivity contribution is 6.10. The van der Waals surface area contributed by atoms with Gasteiger partial charge in [0.15, 0.2) is 5.82 Å². The van der Waals surface area contributed by atoms with Crippen LogP contribution in [0, 0.1) is 0 Å². The summed E-state index contributed by atoms with van der Waals surface area (Å²) in [7, 11) is 0. The first-order chi connectivity index (χ1) is 31.1. The van der Waals surface area contributed by atoms with Crippen molar-refractivity contribution in [3.63, 3.8) is 0 Å². The molecule has 2 heterocycles. The number of aromatic nitrogens is 3. The van der Waals surface area contributed by atoms with E-state index in [1.54, 1.807) is 0 Å². The number of benzene rings is 9. The molecule has 0 aliphatic heterocycles. The van der Waals surface area contributed by atoms with Crippen molar-refractivity contribution in [2.75, 3.05) is 5.73 Å². The molecule has 4 heteroatoms. The molecule has 0 bridgehead atoms. The first-order valence-corrected chi connectivity index (χ1v) is 21.4. The molecular weight excluding hydrogens is 765 g/mol. The molecule has 0 fully saturated rings. The van der Waals surface area contributed by atoms with E-state index in [4.69, 9.17) is 15.7 Å². The van der Waals surface area contributed by atoms with Crippen molar-refractivity contribution in [2.24, 2.45) is 0 Å². The summed E-state index contributed by atoms with van der Waals surface area (Å²) < 4.78 is 2.38. The largest absolute Gasteiger partial charge is 0.398 e. The molecule has 0 saturated carbocycles. The van der Waals surface area contributed by atoms with Crippen molar-refractivity contribution in [2.45, 2.75) is 6.42 Å². The minimum absolute atomic E-state index is 0.710. The third kappa shape index (κ3) is 7.24. The van der Waals surface area contributed by atoms with Gasteiger partial charge < -0.3 is 10.3 Å². The molecule has 298 valence electrons. The van der Waals surface area contributed by atoms with Crippen molar-refractivity contribution in [3.8, 4) is 73.0 Å². The van der Waals surface area contributed by atoms with E-state index in [2.05, 4.69) is 193 Å². The van der Waals surface area contributed by atoms with E-state index >= 15 is 0 Å². The Kier molecular flexibility index (Phi) is 9.72. The third-order valence-corrected chi connectivity index (χ3v) is 12.1. The van der Waals surface area contributed by atoms with Gasteiger partial charge in [-0.15, -0.1) is 0 Å². The van der Waals surface area contributed by atoms with Crippen molar-refractivity contribution in [1.29, 1.82) is 0 Å². The second-order valence-corrected chi connectivity index (χ2v) is 16.0. The van der Waals surface area contributed by atoms with Gasteiger partial charge in [-0.2, -0.15) is 0 Å². The summed E-state index contributed by atoms with van der Waals surface area (Å²) in [6, 6.07) is 81.3. The number of nitrogen functional groups attached to an aromatic ring is 1. The first kappa shape index (κ1) is 37.6. The zero-order chi connectivity index (χ0) is 42.1. The van der Waals surface area contributed by atoms with Crippen LogP contribution in [0.2, 0.25) is 0 Å². The number of nitrogens with zero attached hydrogens (tertiary/aromatic N) is 3. The van der Waals surface area contributed by atoms with Crippen molar-refractivity contribution < 1.29 is 0 Å². The molecule has 2 aromatic heterocycles. The highest BCUT2D eigenvalue weighted by Crippen LogP contribution is 2.41. The molecule has 9 aromatic carbocycles. The van der Waals surface area contributed by atoms with Crippen LogP contribution in [-0.4, -0.2) is 14.5 Å². The number of nitrogens with two attached hydrogens (primary N) is 1. The smallest absolute Gasteiger partial charge is 0.160 e. The summed E-state index contributed by atoms with van der Waals surface area (Å²) in [6.07, 6.45) is 0.833. The van der Waals surface area contributed by atoms with Crippen LogP contribution in [0.3, 0.4) is 0 Å². The molecule has 0 saturated heterocycles. The molecule has 0 radical (unpaired) electrons. The van der Waals surface area contributed by atoms with Crippen molar-refractivity contribution >= 4 is 27.5 Å². The Morgan fingerprint density at radius 3 is 1.68 bits per heavy atom. The topological polar surface area (TPSA) is 56.7 Å². The molecule has 11 rings (SSSR count). The summed E-state index contributed by atoms with van der Waals surface area (Å²) in [4.78, 5) is 10.0. The van der Waals surface area contributed by atoms with E-state index in [-0.39, 0.29) is 0 Å². The van der Waals surface area contributed by atoms with Gasteiger partial charge in [-0.1, -0.05) is 188 Å². The van der Waals surface area contributed by atoms with Crippen LogP contribution >= 0.6 is 0 Å². The molecule has 0 atom stereocenters. The first-order valence-electron chi connectivity index (χ1n) is 21.4. The minimum Gasteiger partial charge on any atom is -0.398 e. The van der Waals surface area contributed by atoms with Crippen LogP contribution < -0.4 is 5.73 Å². The maximum atomic E-state index is 6.81. The molecule has 4 nitrogen and oxygen atoms in total. The van der Waals surface area contributed by atoms with Gasteiger partial charge in [0.25, 0.3) is 0 Å². The zero-order valence-electron chi connectivity index (χ0n) is 34.6. The second kappa shape index (κ2) is 16.3. The Morgan fingerprint density at radius 2 is 0.937 bits per heavy atom. The summed E-state index contributed by atoms with van der Waals surface area (Å²) in [5.74, 6) is 0.710. The maximum absolute atomic E-state index is 6.81. The Balaban J connectivity index is 0.933. The Labute approximate surface area is 367 Å². The van der Waals surface area contributed by atoms with Crippen molar-refractivity contribution in [3.05, 3.63) is 242 Å². The molecule has 0 spiro atoms. The number of fused-ring (bicyclic) bond motifs is 3. The van der Waals surface area contributed by atoms with E-state index in [0.717, 1.165) is 84.8 Å². The number of hydrogen-bond acceptors (Lipinski definition) is 3. The number of rotatable bonds is 9. The van der Waals surface area contributed by atoms with Crippen LogP contribution in [-0.2, 0) is 6.42 Å². The summed E-state index contributed by atoms with van der Waals surface area (Å²) in [6.45, 7) is 0. The lowest BCUT2D eigenvalue weighted by atomic mass is 9.88. The quantitative estimate of drug-likeness (QED) is 0.148. The van der Waals surface area contributed by atoms with Crippen LogP contribution in [0.5, 0.6) is 0 Å². The zero-order valence-corrected chi connectivity index (χ0v) is 34.6. The Morgan fingerprint density at radius 1 is 0.381 bits per heavy atom. The van der Waals surface area contributed by atoms with E-state index < -0.39 is 0 Å². The standard InChI is InChI=1S/C59H42N4/c60-53-25-14-24-49(58(53)50-22-11-10-21-47(50)37-40-15-4-1-5-16-40)42-31-34-48(35-32-42)63-56-26-13-12-23-51(56)52-38-46(33-36-57(52)63)41-27-29-44(30-28-41)55-39-54(43-17-6-2-7-18-43)61-59(62-55)45-19-8-3-9-20-45/h1-36,38-39H,37,60H2. The molecule has 0 aliphatic carbocycles. The highest BCUT2D eigenvalue weighted by atomic mass is 15.0. The Bertz CT molecular complexity index is 3330. The molecule has 0 unspecified atom stereocenters. The normalized spacial score (nSPS) is 11.3. The van der Waals surface area contributed by atoms with E-state index in [1.165, 1.54) is 27.4 Å². The van der Waals surface area contributed by atoms with Gasteiger partial charge in [0.2, 0.25) is 0 Å². The van der Waals surface area contributed by atoms with E-state index in [0.29, 0.717) is 5.82 Å². The average Bonchev–Trinajstić information content (AvgIpc) is 3.69. The van der Waals surface area contributed by atoms with Gasteiger partial charge in [-0.3, -0.25) is 0 Å². The maximum Gasteiger partial charge on any atom is 0.160 e. The van der Waals surface area contributed by atoms with Crippen LogP contribution in [0.1, 0.15) is 11.1 Å². The van der Waals surface area contributed by atoms with E-state index in [9.17, 15) is 0 Å². The predicted octanol–water partition coefficient (Wildman–Crippen LogP) is 14.7. The van der Waals surface area contributed by atoms with Gasteiger partial charge in [0, 0.05) is 44.4 Å². The highest BCUT2D eigenvalue weighted by Gasteiger charge is 2.17.